The average molecular weight is 342 g/mol. The van der Waals surface area contributed by atoms with Crippen LogP contribution < -0.4 is 0 Å². The van der Waals surface area contributed by atoms with Gasteiger partial charge in [-0.15, -0.1) is 0 Å². The van der Waals surface area contributed by atoms with E-state index in [1.165, 1.54) is 11.3 Å². The van der Waals surface area contributed by atoms with Crippen LogP contribution >= 0.6 is 27.5 Å². The largest absolute Gasteiger partial charge is 0.376 e. The van der Waals surface area contributed by atoms with Crippen LogP contribution in [0.3, 0.4) is 0 Å². The Bertz CT molecular complexity index is 541. The maximum Gasteiger partial charge on any atom is 0.197 e. The molecule has 2 aliphatic heterocycles. The summed E-state index contributed by atoms with van der Waals surface area (Å²) in [5.41, 5.74) is 3.26. The highest BCUT2D eigenvalue weighted by molar-refractivity contribution is 9.10. The summed E-state index contributed by atoms with van der Waals surface area (Å²) in [6.45, 7) is 1.29. The SMILES string of the molecule is CN1C2=C(C=NC1Cl)COCC2c1ccc(Br)cc1. The third-order valence-corrected chi connectivity index (χ3v) is 4.46. The molecule has 0 fully saturated rings. The minimum Gasteiger partial charge on any atom is -0.376 e. The van der Waals surface area contributed by atoms with E-state index in [9.17, 15) is 0 Å². The van der Waals surface area contributed by atoms with E-state index in [1.54, 1.807) is 0 Å². The fourth-order valence-electron chi connectivity index (χ4n) is 2.55. The third kappa shape index (κ3) is 2.45. The van der Waals surface area contributed by atoms with Crippen LogP contribution in [0.5, 0.6) is 0 Å². The van der Waals surface area contributed by atoms with Gasteiger partial charge < -0.3 is 9.64 Å². The van der Waals surface area contributed by atoms with Gasteiger partial charge in [0.15, 0.2) is 5.62 Å². The van der Waals surface area contributed by atoms with Crippen LogP contribution in [0.2, 0.25) is 0 Å². The van der Waals surface area contributed by atoms with Gasteiger partial charge in [0.2, 0.25) is 0 Å². The molecule has 0 aromatic heterocycles. The highest BCUT2D eigenvalue weighted by atomic mass is 79.9. The van der Waals surface area contributed by atoms with Crippen molar-refractivity contribution >= 4 is 33.7 Å². The third-order valence-electron chi connectivity index (χ3n) is 3.53. The molecule has 2 aliphatic rings. The van der Waals surface area contributed by atoms with Gasteiger partial charge >= 0.3 is 0 Å². The summed E-state index contributed by atoms with van der Waals surface area (Å²) in [7, 11) is 1.99. The van der Waals surface area contributed by atoms with Crippen LogP contribution in [-0.2, 0) is 4.74 Å². The second-order valence-electron chi connectivity index (χ2n) is 4.73. The van der Waals surface area contributed by atoms with E-state index in [0.717, 1.165) is 10.0 Å². The molecule has 0 spiro atoms. The average Bonchev–Trinajstić information content (AvgIpc) is 2.43. The monoisotopic (exact) mass is 340 g/mol. The molecule has 0 N–H and O–H groups in total. The number of aliphatic imine (C=N–C) groups is 1. The Labute approximate surface area is 126 Å². The molecule has 19 heavy (non-hydrogen) atoms. The summed E-state index contributed by atoms with van der Waals surface area (Å²) in [6, 6.07) is 8.35. The Kier molecular flexibility index (Phi) is 3.65. The quantitative estimate of drug-likeness (QED) is 0.578. The Morgan fingerprint density at radius 1 is 1.37 bits per heavy atom. The zero-order valence-electron chi connectivity index (χ0n) is 10.5. The van der Waals surface area contributed by atoms with E-state index < -0.39 is 0 Å². The van der Waals surface area contributed by atoms with Crippen molar-refractivity contribution in [1.82, 2.24) is 4.90 Å². The maximum atomic E-state index is 6.21. The van der Waals surface area contributed by atoms with Crippen molar-refractivity contribution in [1.29, 1.82) is 0 Å². The fourth-order valence-corrected chi connectivity index (χ4v) is 2.98. The molecule has 0 aliphatic carbocycles. The minimum atomic E-state index is -0.324. The van der Waals surface area contributed by atoms with Gasteiger partial charge in [0.1, 0.15) is 0 Å². The summed E-state index contributed by atoms with van der Waals surface area (Å²) < 4.78 is 6.77. The number of halogens is 2. The van der Waals surface area contributed by atoms with Crippen molar-refractivity contribution in [2.45, 2.75) is 11.5 Å². The Balaban J connectivity index is 2.01. The Morgan fingerprint density at radius 3 is 2.84 bits per heavy atom. The molecule has 0 bridgehead atoms. The molecule has 0 saturated carbocycles. The molecule has 5 heteroatoms. The van der Waals surface area contributed by atoms with E-state index in [1.807, 2.05) is 18.2 Å². The number of likely N-dealkylation sites (N-methyl/N-ethyl adjacent to an activating group) is 1. The molecule has 0 amide bonds. The molecule has 100 valence electrons. The predicted molar refractivity (Wildman–Crippen MR) is 80.6 cm³/mol. The molecule has 1 aromatic carbocycles. The van der Waals surface area contributed by atoms with Gasteiger partial charge in [0.05, 0.1) is 13.2 Å². The first kappa shape index (κ1) is 13.2. The lowest BCUT2D eigenvalue weighted by Crippen LogP contribution is -2.37. The first-order valence-corrected chi connectivity index (χ1v) is 7.36. The van der Waals surface area contributed by atoms with Crippen molar-refractivity contribution in [2.24, 2.45) is 4.99 Å². The van der Waals surface area contributed by atoms with Gasteiger partial charge in [-0.2, -0.15) is 0 Å². The van der Waals surface area contributed by atoms with Crippen molar-refractivity contribution in [3.63, 3.8) is 0 Å². The number of benzene rings is 1. The maximum absolute atomic E-state index is 6.21. The summed E-state index contributed by atoms with van der Waals surface area (Å²) in [4.78, 5) is 6.29. The lowest BCUT2D eigenvalue weighted by atomic mass is 9.91. The molecule has 3 rings (SSSR count). The number of hydrogen-bond donors (Lipinski definition) is 0. The zero-order chi connectivity index (χ0) is 13.4. The van der Waals surface area contributed by atoms with Gasteiger partial charge in [-0.1, -0.05) is 39.7 Å². The van der Waals surface area contributed by atoms with Gasteiger partial charge in [-0.25, -0.2) is 0 Å². The van der Waals surface area contributed by atoms with Crippen molar-refractivity contribution in [3.05, 3.63) is 45.6 Å². The number of alkyl halides is 1. The molecule has 1 aromatic rings. The highest BCUT2D eigenvalue weighted by Crippen LogP contribution is 2.36. The van der Waals surface area contributed by atoms with Crippen molar-refractivity contribution in [3.8, 4) is 0 Å². The van der Waals surface area contributed by atoms with Gasteiger partial charge in [-0.05, 0) is 17.7 Å². The summed E-state index contributed by atoms with van der Waals surface area (Å²) in [6.07, 6.45) is 1.85. The van der Waals surface area contributed by atoms with Crippen molar-refractivity contribution in [2.75, 3.05) is 20.3 Å². The van der Waals surface area contributed by atoms with Crippen LogP contribution in [0.4, 0.5) is 0 Å². The van der Waals surface area contributed by atoms with Crippen LogP contribution in [0.1, 0.15) is 11.5 Å². The number of ether oxygens (including phenoxy) is 1. The molecule has 3 nitrogen and oxygen atoms in total. The van der Waals surface area contributed by atoms with Crippen LogP contribution in [0.15, 0.2) is 45.0 Å². The number of hydrogen-bond acceptors (Lipinski definition) is 3. The second kappa shape index (κ2) is 5.27. The van der Waals surface area contributed by atoms with E-state index in [4.69, 9.17) is 16.3 Å². The molecular formula is C14H14BrClN2O. The molecular weight excluding hydrogens is 328 g/mol. The lowest BCUT2D eigenvalue weighted by molar-refractivity contribution is 0.120. The van der Waals surface area contributed by atoms with Crippen LogP contribution in [0, 0.1) is 0 Å². The summed E-state index contributed by atoms with van der Waals surface area (Å²) in [5, 5.41) is 0. The lowest BCUT2D eigenvalue weighted by Gasteiger charge is -2.38. The van der Waals surface area contributed by atoms with Crippen molar-refractivity contribution < 1.29 is 4.74 Å². The molecule has 2 unspecified atom stereocenters. The fraction of sp³-hybridized carbons (Fsp3) is 0.357. The van der Waals surface area contributed by atoms with Crippen LogP contribution in [0.25, 0.3) is 0 Å². The first-order valence-electron chi connectivity index (χ1n) is 6.13. The standard InChI is InChI=1S/C14H14BrClN2O/c1-18-13-10(6-17-14(18)16)7-19-8-12(13)9-2-4-11(15)5-3-9/h2-6,12,14H,7-8H2,1H3. The Morgan fingerprint density at radius 2 is 2.11 bits per heavy atom. The molecule has 2 atom stereocenters. The molecule has 0 saturated heterocycles. The predicted octanol–water partition coefficient (Wildman–Crippen LogP) is 3.36. The first-order chi connectivity index (χ1) is 9.16. The van der Waals surface area contributed by atoms with Gasteiger partial charge in [-0.3, -0.25) is 4.99 Å². The van der Waals surface area contributed by atoms with E-state index >= 15 is 0 Å². The van der Waals surface area contributed by atoms with Gasteiger partial charge in [0.25, 0.3) is 0 Å². The topological polar surface area (TPSA) is 24.8 Å². The summed E-state index contributed by atoms with van der Waals surface area (Å²) >= 11 is 9.67. The van der Waals surface area contributed by atoms with E-state index in [2.05, 4.69) is 45.2 Å². The summed E-state index contributed by atoms with van der Waals surface area (Å²) in [5.74, 6) is 0.217. The normalized spacial score (nSPS) is 26.6. The Hall–Kier alpha value is -0.840. The van der Waals surface area contributed by atoms with E-state index in [-0.39, 0.29) is 11.5 Å². The van der Waals surface area contributed by atoms with E-state index in [0.29, 0.717) is 13.2 Å². The highest BCUT2D eigenvalue weighted by Gasteiger charge is 2.31. The smallest absolute Gasteiger partial charge is 0.197 e. The second-order valence-corrected chi connectivity index (χ2v) is 6.04. The molecule has 2 heterocycles. The number of rotatable bonds is 1. The van der Waals surface area contributed by atoms with Crippen LogP contribution in [-0.4, -0.2) is 37.0 Å². The van der Waals surface area contributed by atoms with Gasteiger partial charge in [0, 0.05) is 34.9 Å². The number of nitrogens with zero attached hydrogens (tertiary/aromatic N) is 2. The zero-order valence-corrected chi connectivity index (χ0v) is 12.9. The molecule has 0 radical (unpaired) electrons. The minimum absolute atomic E-state index is 0.217.